The summed E-state index contributed by atoms with van der Waals surface area (Å²) in [6.07, 6.45) is 0.137. The number of rotatable bonds is 5. The predicted molar refractivity (Wildman–Crippen MR) is 71.3 cm³/mol. The number of hydrogen-bond acceptors (Lipinski definition) is 2. The Labute approximate surface area is 105 Å². The molecule has 1 unspecified atom stereocenters. The number of hydrogen-bond donors (Lipinski definition) is 0. The Morgan fingerprint density at radius 1 is 1.24 bits per heavy atom. The lowest BCUT2D eigenvalue weighted by atomic mass is 9.86. The molecule has 0 aliphatic carbocycles. The topological polar surface area (TPSA) is 18.5 Å². The van der Waals surface area contributed by atoms with Crippen molar-refractivity contribution < 1.29 is 9.47 Å². The zero-order valence-corrected chi connectivity index (χ0v) is 11.6. The maximum absolute atomic E-state index is 5.71. The molecule has 0 N–H and O–H groups in total. The molecule has 2 nitrogen and oxygen atoms in total. The maximum atomic E-state index is 5.71. The normalized spacial score (nSPS) is 13.7. The molecule has 0 aliphatic rings. The monoisotopic (exact) mass is 236 g/mol. The summed E-state index contributed by atoms with van der Waals surface area (Å²) in [6, 6.07) is 8.59. The van der Waals surface area contributed by atoms with Gasteiger partial charge in [-0.15, -0.1) is 0 Å². The van der Waals surface area contributed by atoms with Crippen molar-refractivity contribution in [2.24, 2.45) is 0 Å². The van der Waals surface area contributed by atoms with Crippen LogP contribution in [-0.2, 0) is 21.5 Å². The minimum absolute atomic E-state index is 0.137. The van der Waals surface area contributed by atoms with E-state index in [-0.39, 0.29) is 11.5 Å². The molecule has 1 aromatic carbocycles. The van der Waals surface area contributed by atoms with Crippen molar-refractivity contribution in [1.29, 1.82) is 0 Å². The molecule has 0 aromatic heterocycles. The van der Waals surface area contributed by atoms with Gasteiger partial charge in [-0.1, -0.05) is 45.0 Å². The van der Waals surface area contributed by atoms with Crippen molar-refractivity contribution in [1.82, 2.24) is 0 Å². The van der Waals surface area contributed by atoms with Gasteiger partial charge >= 0.3 is 0 Å². The molecule has 0 amide bonds. The van der Waals surface area contributed by atoms with Gasteiger partial charge in [0.15, 0.2) is 0 Å². The van der Waals surface area contributed by atoms with E-state index in [2.05, 4.69) is 45.0 Å². The molecule has 0 bridgehead atoms. The van der Waals surface area contributed by atoms with Gasteiger partial charge in [-0.2, -0.15) is 0 Å². The molecule has 17 heavy (non-hydrogen) atoms. The van der Waals surface area contributed by atoms with Crippen LogP contribution in [0, 0.1) is 0 Å². The summed E-state index contributed by atoms with van der Waals surface area (Å²) >= 11 is 0. The van der Waals surface area contributed by atoms with E-state index in [0.29, 0.717) is 13.2 Å². The van der Waals surface area contributed by atoms with Gasteiger partial charge in [0.05, 0.1) is 19.3 Å². The number of benzene rings is 1. The molecule has 0 heterocycles. The van der Waals surface area contributed by atoms with E-state index < -0.39 is 0 Å². The molecule has 0 fully saturated rings. The highest BCUT2D eigenvalue weighted by molar-refractivity contribution is 5.28. The first-order chi connectivity index (χ1) is 7.93. The quantitative estimate of drug-likeness (QED) is 0.778. The zero-order valence-electron chi connectivity index (χ0n) is 11.6. The van der Waals surface area contributed by atoms with Crippen LogP contribution in [0.3, 0.4) is 0 Å². The first kappa shape index (κ1) is 14.2. The van der Waals surface area contributed by atoms with Crippen molar-refractivity contribution >= 4 is 0 Å². The zero-order chi connectivity index (χ0) is 12.9. The van der Waals surface area contributed by atoms with Crippen molar-refractivity contribution in [3.8, 4) is 0 Å². The molecule has 96 valence electrons. The largest absolute Gasteiger partial charge is 0.382 e. The van der Waals surface area contributed by atoms with E-state index in [9.17, 15) is 0 Å². The fourth-order valence-electron chi connectivity index (χ4n) is 1.65. The molecular formula is C15H24O2. The number of ether oxygens (including phenoxy) is 2. The van der Waals surface area contributed by atoms with Crippen LogP contribution in [0.1, 0.15) is 38.8 Å². The van der Waals surface area contributed by atoms with Gasteiger partial charge in [-0.25, -0.2) is 0 Å². The Morgan fingerprint density at radius 2 is 1.94 bits per heavy atom. The van der Waals surface area contributed by atoms with Crippen LogP contribution >= 0.6 is 0 Å². The van der Waals surface area contributed by atoms with Crippen LogP contribution in [-0.4, -0.2) is 19.8 Å². The highest BCUT2D eigenvalue weighted by atomic mass is 16.5. The van der Waals surface area contributed by atoms with Crippen LogP contribution in [0.15, 0.2) is 24.3 Å². The Bertz CT molecular complexity index is 339. The second-order valence-electron chi connectivity index (χ2n) is 5.53. The van der Waals surface area contributed by atoms with Crippen LogP contribution in [0.5, 0.6) is 0 Å². The number of methoxy groups -OCH3 is 1. The standard InChI is InChI=1S/C15H24O2/c1-12(10-16-5)17-11-13-7-6-8-14(9-13)15(2,3)4/h6-9,12H,10-11H2,1-5H3. The van der Waals surface area contributed by atoms with Crippen molar-refractivity contribution in [3.63, 3.8) is 0 Å². The third-order valence-corrected chi connectivity index (χ3v) is 2.73. The summed E-state index contributed by atoms with van der Waals surface area (Å²) in [5.74, 6) is 0. The molecule has 0 radical (unpaired) electrons. The molecule has 0 spiro atoms. The molecule has 1 rings (SSSR count). The lowest BCUT2D eigenvalue weighted by Gasteiger charge is -2.20. The van der Waals surface area contributed by atoms with E-state index in [0.717, 1.165) is 0 Å². The first-order valence-corrected chi connectivity index (χ1v) is 6.13. The summed E-state index contributed by atoms with van der Waals surface area (Å²) in [6.45, 7) is 9.98. The summed E-state index contributed by atoms with van der Waals surface area (Å²) < 4.78 is 10.8. The summed E-state index contributed by atoms with van der Waals surface area (Å²) in [4.78, 5) is 0. The lowest BCUT2D eigenvalue weighted by Crippen LogP contribution is -2.15. The smallest absolute Gasteiger partial charge is 0.0784 e. The second-order valence-corrected chi connectivity index (χ2v) is 5.53. The predicted octanol–water partition coefficient (Wildman–Crippen LogP) is 3.54. The van der Waals surface area contributed by atoms with Gasteiger partial charge in [0.25, 0.3) is 0 Å². The lowest BCUT2D eigenvalue weighted by molar-refractivity contribution is -0.000158. The third-order valence-electron chi connectivity index (χ3n) is 2.73. The molecule has 0 saturated heterocycles. The Hall–Kier alpha value is -0.860. The average Bonchev–Trinajstić information content (AvgIpc) is 2.26. The van der Waals surface area contributed by atoms with Gasteiger partial charge in [0.1, 0.15) is 0 Å². The van der Waals surface area contributed by atoms with Gasteiger partial charge in [0, 0.05) is 7.11 Å². The molecule has 2 heteroatoms. The van der Waals surface area contributed by atoms with Gasteiger partial charge in [-0.3, -0.25) is 0 Å². The molecular weight excluding hydrogens is 212 g/mol. The average molecular weight is 236 g/mol. The Morgan fingerprint density at radius 3 is 2.53 bits per heavy atom. The molecule has 1 atom stereocenters. The van der Waals surface area contributed by atoms with E-state index in [4.69, 9.17) is 9.47 Å². The third kappa shape index (κ3) is 4.88. The van der Waals surface area contributed by atoms with E-state index >= 15 is 0 Å². The Balaban J connectivity index is 2.60. The van der Waals surface area contributed by atoms with Crippen LogP contribution in [0.2, 0.25) is 0 Å². The minimum Gasteiger partial charge on any atom is -0.382 e. The highest BCUT2D eigenvalue weighted by Gasteiger charge is 2.13. The van der Waals surface area contributed by atoms with Crippen LogP contribution in [0.25, 0.3) is 0 Å². The van der Waals surface area contributed by atoms with E-state index in [1.807, 2.05) is 6.92 Å². The van der Waals surface area contributed by atoms with Crippen LogP contribution < -0.4 is 0 Å². The summed E-state index contributed by atoms with van der Waals surface area (Å²) in [5, 5.41) is 0. The van der Waals surface area contributed by atoms with Gasteiger partial charge in [0.2, 0.25) is 0 Å². The van der Waals surface area contributed by atoms with Gasteiger partial charge < -0.3 is 9.47 Å². The van der Waals surface area contributed by atoms with Crippen LogP contribution in [0.4, 0.5) is 0 Å². The fourth-order valence-corrected chi connectivity index (χ4v) is 1.65. The summed E-state index contributed by atoms with van der Waals surface area (Å²) in [5.41, 5.74) is 2.76. The van der Waals surface area contributed by atoms with Crippen molar-refractivity contribution in [2.75, 3.05) is 13.7 Å². The molecule has 1 aromatic rings. The molecule has 0 saturated carbocycles. The SMILES string of the molecule is COCC(C)OCc1cccc(C(C)(C)C)c1. The van der Waals surface area contributed by atoms with E-state index in [1.165, 1.54) is 11.1 Å². The van der Waals surface area contributed by atoms with E-state index in [1.54, 1.807) is 7.11 Å². The fraction of sp³-hybridized carbons (Fsp3) is 0.600. The second kappa shape index (κ2) is 6.18. The Kier molecular flexibility index (Phi) is 5.16. The van der Waals surface area contributed by atoms with Crippen molar-refractivity contribution in [2.45, 2.75) is 45.8 Å². The highest BCUT2D eigenvalue weighted by Crippen LogP contribution is 2.23. The summed E-state index contributed by atoms with van der Waals surface area (Å²) in [7, 11) is 1.69. The molecule has 0 aliphatic heterocycles. The maximum Gasteiger partial charge on any atom is 0.0784 e. The minimum atomic E-state index is 0.137. The van der Waals surface area contributed by atoms with Gasteiger partial charge in [-0.05, 0) is 23.5 Å². The first-order valence-electron chi connectivity index (χ1n) is 6.13. The van der Waals surface area contributed by atoms with Crippen molar-refractivity contribution in [3.05, 3.63) is 35.4 Å².